The van der Waals surface area contributed by atoms with Crippen LogP contribution in [0, 0.1) is 0 Å². The van der Waals surface area contributed by atoms with Crippen molar-refractivity contribution < 1.29 is 9.53 Å². The standard InChI is InChI=1S/C7H10N2O.C2H6O/c1-3-7(8)6(5-10)4-9-2;1-3-2/h3-5H,2,8H2,1H3;1-2H3/b6-4-,7-3+;. The molecule has 0 heterocycles. The summed E-state index contributed by atoms with van der Waals surface area (Å²) in [5, 5.41) is 0. The number of rotatable bonds is 3. The van der Waals surface area contributed by atoms with E-state index in [4.69, 9.17) is 5.73 Å². The Morgan fingerprint density at radius 2 is 2.00 bits per heavy atom. The second-order valence-electron chi connectivity index (χ2n) is 2.04. The zero-order chi connectivity index (χ0) is 10.7. The summed E-state index contributed by atoms with van der Waals surface area (Å²) >= 11 is 0. The van der Waals surface area contributed by atoms with Crippen LogP contribution >= 0.6 is 0 Å². The van der Waals surface area contributed by atoms with E-state index in [1.807, 2.05) is 0 Å². The van der Waals surface area contributed by atoms with Crippen molar-refractivity contribution in [2.75, 3.05) is 14.2 Å². The molecule has 0 aromatic rings. The van der Waals surface area contributed by atoms with Gasteiger partial charge in [-0.15, -0.1) is 0 Å². The number of nitrogens with zero attached hydrogens (tertiary/aromatic N) is 1. The number of allylic oxidation sites excluding steroid dienone is 2. The topological polar surface area (TPSA) is 64.7 Å². The highest BCUT2D eigenvalue weighted by atomic mass is 16.4. The van der Waals surface area contributed by atoms with E-state index >= 15 is 0 Å². The molecule has 74 valence electrons. The number of hydrogen-bond acceptors (Lipinski definition) is 4. The number of hydrogen-bond donors (Lipinski definition) is 1. The van der Waals surface area contributed by atoms with Crippen LogP contribution in [0.5, 0.6) is 0 Å². The molecule has 13 heavy (non-hydrogen) atoms. The lowest BCUT2D eigenvalue weighted by Crippen LogP contribution is -2.01. The van der Waals surface area contributed by atoms with Gasteiger partial charge in [-0.25, -0.2) is 0 Å². The van der Waals surface area contributed by atoms with Gasteiger partial charge in [0.15, 0.2) is 6.29 Å². The molecule has 0 unspecified atom stereocenters. The summed E-state index contributed by atoms with van der Waals surface area (Å²) in [6.07, 6.45) is 3.60. The van der Waals surface area contributed by atoms with Gasteiger partial charge in [0.1, 0.15) is 0 Å². The van der Waals surface area contributed by atoms with Crippen molar-refractivity contribution >= 4 is 13.0 Å². The lowest BCUT2D eigenvalue weighted by molar-refractivity contribution is -0.104. The van der Waals surface area contributed by atoms with E-state index in [1.54, 1.807) is 27.2 Å². The second kappa shape index (κ2) is 10.6. The van der Waals surface area contributed by atoms with Gasteiger partial charge in [0.2, 0.25) is 0 Å². The summed E-state index contributed by atoms with van der Waals surface area (Å²) in [5.41, 5.74) is 6.17. The Morgan fingerprint density at radius 1 is 1.54 bits per heavy atom. The van der Waals surface area contributed by atoms with Crippen molar-refractivity contribution in [3.63, 3.8) is 0 Å². The second-order valence-corrected chi connectivity index (χ2v) is 2.04. The zero-order valence-electron chi connectivity index (χ0n) is 8.28. The van der Waals surface area contributed by atoms with E-state index in [0.29, 0.717) is 17.6 Å². The van der Waals surface area contributed by atoms with Crippen LogP contribution in [0.3, 0.4) is 0 Å². The molecule has 0 aliphatic carbocycles. The van der Waals surface area contributed by atoms with E-state index in [1.165, 1.54) is 6.20 Å². The fourth-order valence-corrected chi connectivity index (χ4v) is 0.438. The number of carbonyl (C=O) groups is 1. The van der Waals surface area contributed by atoms with Crippen LogP contribution in [-0.2, 0) is 9.53 Å². The predicted octanol–water partition coefficient (Wildman–Crippen LogP) is 0.895. The van der Waals surface area contributed by atoms with Crippen LogP contribution in [0.4, 0.5) is 0 Å². The van der Waals surface area contributed by atoms with Crippen LogP contribution in [0.25, 0.3) is 0 Å². The van der Waals surface area contributed by atoms with E-state index in [0.717, 1.165) is 0 Å². The third kappa shape index (κ3) is 8.49. The average molecular weight is 184 g/mol. The van der Waals surface area contributed by atoms with Crippen molar-refractivity contribution in [2.45, 2.75) is 6.92 Å². The minimum Gasteiger partial charge on any atom is -0.398 e. The SMILES string of the molecule is C=N/C=C(C=O)\C(N)=C/C.COC. The fourth-order valence-electron chi connectivity index (χ4n) is 0.438. The molecule has 0 radical (unpaired) electrons. The molecule has 0 aliphatic heterocycles. The molecule has 0 aliphatic rings. The van der Waals surface area contributed by atoms with Crippen molar-refractivity contribution in [1.82, 2.24) is 0 Å². The molecule has 0 saturated heterocycles. The van der Waals surface area contributed by atoms with E-state index in [9.17, 15) is 4.79 Å². The number of nitrogens with two attached hydrogens (primary N) is 1. The molecular weight excluding hydrogens is 168 g/mol. The Kier molecular flexibility index (Phi) is 11.5. The number of ether oxygens (including phenoxy) is 1. The normalized spacial score (nSPS) is 11.3. The molecular formula is C9H16N2O2. The minimum absolute atomic E-state index is 0.359. The van der Waals surface area contributed by atoms with Gasteiger partial charge in [-0.3, -0.25) is 9.79 Å². The van der Waals surface area contributed by atoms with Crippen molar-refractivity contribution in [1.29, 1.82) is 0 Å². The predicted molar refractivity (Wildman–Crippen MR) is 54.6 cm³/mol. The Labute approximate surface area is 78.8 Å². The summed E-state index contributed by atoms with van der Waals surface area (Å²) in [6.45, 7) is 4.94. The van der Waals surface area contributed by atoms with Gasteiger partial charge in [0.05, 0.1) is 5.57 Å². The maximum Gasteiger partial charge on any atom is 0.153 e. The number of aliphatic imine (C=N–C) groups is 1. The molecule has 0 aromatic heterocycles. The molecule has 0 aromatic carbocycles. The largest absolute Gasteiger partial charge is 0.398 e. The molecule has 0 fully saturated rings. The lowest BCUT2D eigenvalue weighted by Gasteiger charge is -1.94. The Balaban J connectivity index is 0. The quantitative estimate of drug-likeness (QED) is 0.306. The highest BCUT2D eigenvalue weighted by Crippen LogP contribution is 1.98. The maximum atomic E-state index is 10.2. The summed E-state index contributed by atoms with van der Waals surface area (Å²) in [4.78, 5) is 13.6. The van der Waals surface area contributed by atoms with Crippen molar-refractivity contribution in [2.24, 2.45) is 10.7 Å². The fraction of sp³-hybridized carbons (Fsp3) is 0.333. The molecule has 0 spiro atoms. The van der Waals surface area contributed by atoms with Gasteiger partial charge in [0.25, 0.3) is 0 Å². The first-order chi connectivity index (χ1) is 6.17. The Morgan fingerprint density at radius 3 is 2.23 bits per heavy atom. The lowest BCUT2D eigenvalue weighted by atomic mass is 10.2. The van der Waals surface area contributed by atoms with Gasteiger partial charge in [-0.05, 0) is 13.6 Å². The van der Waals surface area contributed by atoms with Crippen LogP contribution in [0.1, 0.15) is 6.92 Å². The summed E-state index contributed by atoms with van der Waals surface area (Å²) in [7, 11) is 3.25. The highest BCUT2D eigenvalue weighted by Gasteiger charge is 1.94. The highest BCUT2D eigenvalue weighted by molar-refractivity contribution is 5.79. The van der Waals surface area contributed by atoms with Crippen molar-refractivity contribution in [3.05, 3.63) is 23.5 Å². The first-order valence-corrected chi connectivity index (χ1v) is 3.61. The van der Waals surface area contributed by atoms with Gasteiger partial charge >= 0.3 is 0 Å². The van der Waals surface area contributed by atoms with Crippen LogP contribution < -0.4 is 5.73 Å². The Bertz CT molecular complexity index is 208. The first kappa shape index (κ1) is 14.1. The van der Waals surface area contributed by atoms with Gasteiger partial charge < -0.3 is 10.5 Å². The third-order valence-corrected chi connectivity index (χ3v) is 1.00. The van der Waals surface area contributed by atoms with E-state index in [-0.39, 0.29) is 0 Å². The molecule has 0 atom stereocenters. The van der Waals surface area contributed by atoms with Gasteiger partial charge in [-0.1, -0.05) is 6.08 Å². The molecule has 0 amide bonds. The summed E-state index contributed by atoms with van der Waals surface area (Å²) in [5.74, 6) is 0. The van der Waals surface area contributed by atoms with Crippen LogP contribution in [-0.4, -0.2) is 27.2 Å². The minimum atomic E-state index is 0.359. The average Bonchev–Trinajstić information content (AvgIpc) is 2.14. The van der Waals surface area contributed by atoms with Crippen LogP contribution in [0.2, 0.25) is 0 Å². The number of carbonyl (C=O) groups excluding carboxylic acids is 1. The summed E-state index contributed by atoms with van der Waals surface area (Å²) < 4.78 is 4.25. The molecule has 0 rings (SSSR count). The summed E-state index contributed by atoms with van der Waals surface area (Å²) in [6, 6.07) is 0. The first-order valence-electron chi connectivity index (χ1n) is 3.61. The third-order valence-electron chi connectivity index (χ3n) is 1.00. The molecule has 0 bridgehead atoms. The van der Waals surface area contributed by atoms with Crippen LogP contribution in [0.15, 0.2) is 28.5 Å². The van der Waals surface area contributed by atoms with Crippen molar-refractivity contribution in [3.8, 4) is 0 Å². The monoisotopic (exact) mass is 184 g/mol. The molecule has 2 N–H and O–H groups in total. The molecule has 4 nitrogen and oxygen atoms in total. The number of aldehydes is 1. The Hall–Kier alpha value is -1.42. The zero-order valence-corrected chi connectivity index (χ0v) is 8.28. The smallest absolute Gasteiger partial charge is 0.153 e. The van der Waals surface area contributed by atoms with Gasteiger partial charge in [0, 0.05) is 26.1 Å². The van der Waals surface area contributed by atoms with E-state index < -0.39 is 0 Å². The maximum absolute atomic E-state index is 10.2. The number of methoxy groups -OCH3 is 1. The molecule has 4 heteroatoms. The molecule has 0 saturated carbocycles. The van der Waals surface area contributed by atoms with Gasteiger partial charge in [-0.2, -0.15) is 0 Å². The van der Waals surface area contributed by atoms with E-state index in [2.05, 4.69) is 16.4 Å².